The summed E-state index contributed by atoms with van der Waals surface area (Å²) in [6, 6.07) is 7.65. The summed E-state index contributed by atoms with van der Waals surface area (Å²) in [5, 5.41) is 4.08. The van der Waals surface area contributed by atoms with E-state index in [4.69, 9.17) is 11.6 Å². The molecule has 0 bridgehead atoms. The van der Waals surface area contributed by atoms with E-state index in [1.165, 1.54) is 0 Å². The van der Waals surface area contributed by atoms with Crippen molar-refractivity contribution in [3.8, 4) is 0 Å². The highest BCUT2D eigenvalue weighted by Crippen LogP contribution is 2.23. The van der Waals surface area contributed by atoms with Crippen LogP contribution in [0.2, 0.25) is 5.02 Å². The summed E-state index contributed by atoms with van der Waals surface area (Å²) in [5.74, 6) is 0.441. The molecule has 0 spiro atoms. The summed E-state index contributed by atoms with van der Waals surface area (Å²) in [6.07, 6.45) is 8.73. The lowest BCUT2D eigenvalue weighted by atomic mass is 9.96. The molecule has 0 aliphatic heterocycles. The zero-order chi connectivity index (χ0) is 13.0. The molecule has 2 nitrogen and oxygen atoms in total. The number of carbonyl (C=O) groups is 1. The van der Waals surface area contributed by atoms with Crippen LogP contribution in [0.5, 0.6) is 0 Å². The molecule has 1 aliphatic rings. The van der Waals surface area contributed by atoms with Gasteiger partial charge in [0.05, 0.1) is 0 Å². The van der Waals surface area contributed by atoms with Gasteiger partial charge in [0.1, 0.15) is 5.78 Å². The van der Waals surface area contributed by atoms with Gasteiger partial charge in [-0.3, -0.25) is 4.79 Å². The van der Waals surface area contributed by atoms with Gasteiger partial charge in [0.25, 0.3) is 0 Å². The lowest BCUT2D eigenvalue weighted by Gasteiger charge is -2.23. The third-order valence-corrected chi connectivity index (χ3v) is 3.16. The number of ketones is 1. The SMILES string of the molecule is CC(=O)C[C@H](Nc1cccc(Cl)c1)C1C=CC=C1. The molecule has 1 aliphatic carbocycles. The number of anilines is 1. The first-order valence-electron chi connectivity index (χ1n) is 6.01. The standard InChI is InChI=1S/C15H16ClNO/c1-11(18)9-15(12-5-2-3-6-12)17-14-8-4-7-13(16)10-14/h2-8,10,12,15,17H,9H2,1H3/t15-/m0/s1. The van der Waals surface area contributed by atoms with Crippen LogP contribution in [-0.2, 0) is 4.79 Å². The van der Waals surface area contributed by atoms with Crippen LogP contribution in [0.15, 0.2) is 48.6 Å². The summed E-state index contributed by atoms with van der Waals surface area (Å²) < 4.78 is 0. The number of nitrogens with one attached hydrogen (secondary N) is 1. The second-order valence-electron chi connectivity index (χ2n) is 4.51. The van der Waals surface area contributed by atoms with Gasteiger partial charge < -0.3 is 5.32 Å². The predicted octanol–water partition coefficient (Wildman–Crippen LogP) is 3.84. The number of Topliss-reactive ketones (excluding diaryl/α,β-unsaturated/α-hetero) is 1. The van der Waals surface area contributed by atoms with Crippen LogP contribution >= 0.6 is 11.6 Å². The van der Waals surface area contributed by atoms with Crippen molar-refractivity contribution in [3.63, 3.8) is 0 Å². The fourth-order valence-corrected chi connectivity index (χ4v) is 2.29. The molecule has 0 aromatic heterocycles. The Morgan fingerprint density at radius 2 is 2.11 bits per heavy atom. The Bertz CT molecular complexity index is 481. The predicted molar refractivity (Wildman–Crippen MR) is 75.9 cm³/mol. The number of allylic oxidation sites excluding steroid dienone is 2. The topological polar surface area (TPSA) is 29.1 Å². The van der Waals surface area contributed by atoms with E-state index in [-0.39, 0.29) is 17.7 Å². The maximum atomic E-state index is 11.4. The maximum Gasteiger partial charge on any atom is 0.131 e. The van der Waals surface area contributed by atoms with Crippen LogP contribution in [0.1, 0.15) is 13.3 Å². The molecule has 1 aromatic rings. The molecule has 18 heavy (non-hydrogen) atoms. The number of rotatable bonds is 5. The molecule has 0 saturated heterocycles. The fraction of sp³-hybridized carbons (Fsp3) is 0.267. The van der Waals surface area contributed by atoms with Crippen molar-refractivity contribution in [2.45, 2.75) is 19.4 Å². The Morgan fingerprint density at radius 1 is 1.39 bits per heavy atom. The first-order valence-corrected chi connectivity index (χ1v) is 6.39. The van der Waals surface area contributed by atoms with Crippen molar-refractivity contribution >= 4 is 23.1 Å². The van der Waals surface area contributed by atoms with Crippen molar-refractivity contribution in [1.29, 1.82) is 0 Å². The van der Waals surface area contributed by atoms with E-state index in [0.717, 1.165) is 5.69 Å². The van der Waals surface area contributed by atoms with Crippen LogP contribution in [0.3, 0.4) is 0 Å². The Labute approximate surface area is 112 Å². The van der Waals surface area contributed by atoms with E-state index in [1.807, 2.05) is 36.4 Å². The molecule has 0 saturated carbocycles. The minimum Gasteiger partial charge on any atom is -0.381 e. The minimum atomic E-state index is 0.0796. The molecule has 0 unspecified atom stereocenters. The number of benzene rings is 1. The smallest absolute Gasteiger partial charge is 0.131 e. The molecule has 0 heterocycles. The molecule has 1 N–H and O–H groups in total. The molecule has 1 aromatic carbocycles. The van der Waals surface area contributed by atoms with Gasteiger partial charge in [-0.25, -0.2) is 0 Å². The molecule has 0 fully saturated rings. The number of carbonyl (C=O) groups excluding carboxylic acids is 1. The normalized spacial score (nSPS) is 15.9. The van der Waals surface area contributed by atoms with Crippen molar-refractivity contribution in [2.75, 3.05) is 5.32 Å². The van der Waals surface area contributed by atoms with Gasteiger partial charge in [0.15, 0.2) is 0 Å². The van der Waals surface area contributed by atoms with Crippen LogP contribution in [-0.4, -0.2) is 11.8 Å². The van der Waals surface area contributed by atoms with Gasteiger partial charge in [-0.1, -0.05) is 42.0 Å². The molecule has 1 atom stereocenters. The Hall–Kier alpha value is -1.54. The molecule has 2 rings (SSSR count). The quantitative estimate of drug-likeness (QED) is 0.873. The van der Waals surface area contributed by atoms with Gasteiger partial charge in [0.2, 0.25) is 0 Å². The molecular formula is C15H16ClNO. The van der Waals surface area contributed by atoms with Gasteiger partial charge in [-0.05, 0) is 25.1 Å². The third kappa shape index (κ3) is 3.47. The average molecular weight is 262 g/mol. The Kier molecular flexibility index (Phi) is 4.21. The summed E-state index contributed by atoms with van der Waals surface area (Å²) in [7, 11) is 0. The van der Waals surface area contributed by atoms with E-state index < -0.39 is 0 Å². The highest BCUT2D eigenvalue weighted by Gasteiger charge is 2.20. The highest BCUT2D eigenvalue weighted by atomic mass is 35.5. The highest BCUT2D eigenvalue weighted by molar-refractivity contribution is 6.30. The lowest BCUT2D eigenvalue weighted by Crippen LogP contribution is -2.28. The van der Waals surface area contributed by atoms with E-state index in [2.05, 4.69) is 17.5 Å². The summed E-state index contributed by atoms with van der Waals surface area (Å²) >= 11 is 5.96. The van der Waals surface area contributed by atoms with Crippen LogP contribution in [0, 0.1) is 5.92 Å². The summed E-state index contributed by atoms with van der Waals surface area (Å²) in [5.41, 5.74) is 0.947. The number of hydrogen-bond donors (Lipinski definition) is 1. The molecule has 0 radical (unpaired) electrons. The van der Waals surface area contributed by atoms with Crippen molar-refractivity contribution in [2.24, 2.45) is 5.92 Å². The monoisotopic (exact) mass is 261 g/mol. The van der Waals surface area contributed by atoms with Crippen molar-refractivity contribution in [3.05, 3.63) is 53.6 Å². The van der Waals surface area contributed by atoms with Crippen LogP contribution in [0.25, 0.3) is 0 Å². The largest absolute Gasteiger partial charge is 0.381 e. The van der Waals surface area contributed by atoms with E-state index >= 15 is 0 Å². The van der Waals surface area contributed by atoms with Gasteiger partial charge in [-0.2, -0.15) is 0 Å². The van der Waals surface area contributed by atoms with Crippen LogP contribution < -0.4 is 5.32 Å². The summed E-state index contributed by atoms with van der Waals surface area (Å²) in [4.78, 5) is 11.4. The zero-order valence-electron chi connectivity index (χ0n) is 10.3. The molecule has 3 heteroatoms. The van der Waals surface area contributed by atoms with Gasteiger partial charge in [0, 0.05) is 29.1 Å². The summed E-state index contributed by atoms with van der Waals surface area (Å²) in [6.45, 7) is 1.62. The molecule has 94 valence electrons. The van der Waals surface area contributed by atoms with E-state index in [1.54, 1.807) is 6.92 Å². The lowest BCUT2D eigenvalue weighted by molar-refractivity contribution is -0.117. The second-order valence-corrected chi connectivity index (χ2v) is 4.95. The van der Waals surface area contributed by atoms with Gasteiger partial charge in [-0.15, -0.1) is 0 Å². The first kappa shape index (κ1) is 12.9. The van der Waals surface area contributed by atoms with E-state index in [0.29, 0.717) is 11.4 Å². The minimum absolute atomic E-state index is 0.0796. The number of hydrogen-bond acceptors (Lipinski definition) is 2. The fourth-order valence-electron chi connectivity index (χ4n) is 2.10. The second kappa shape index (κ2) is 5.87. The molecule has 0 amide bonds. The zero-order valence-corrected chi connectivity index (χ0v) is 11.0. The molecular weight excluding hydrogens is 246 g/mol. The maximum absolute atomic E-state index is 11.4. The van der Waals surface area contributed by atoms with Crippen molar-refractivity contribution < 1.29 is 4.79 Å². The third-order valence-electron chi connectivity index (χ3n) is 2.93. The van der Waals surface area contributed by atoms with E-state index in [9.17, 15) is 4.79 Å². The van der Waals surface area contributed by atoms with Crippen molar-refractivity contribution in [1.82, 2.24) is 0 Å². The Morgan fingerprint density at radius 3 is 2.72 bits per heavy atom. The first-order chi connectivity index (χ1) is 8.65. The Balaban J connectivity index is 2.11. The van der Waals surface area contributed by atoms with Crippen LogP contribution in [0.4, 0.5) is 5.69 Å². The number of halogens is 1. The average Bonchev–Trinajstić information content (AvgIpc) is 2.80. The van der Waals surface area contributed by atoms with Gasteiger partial charge >= 0.3 is 0 Å².